The van der Waals surface area contributed by atoms with Gasteiger partial charge in [-0.25, -0.2) is 0 Å². The van der Waals surface area contributed by atoms with Gasteiger partial charge < -0.3 is 5.32 Å². The van der Waals surface area contributed by atoms with E-state index in [2.05, 4.69) is 41.5 Å². The topological polar surface area (TPSA) is 24.4 Å². The van der Waals surface area contributed by atoms with E-state index >= 15 is 0 Å². The van der Waals surface area contributed by atoms with Crippen molar-refractivity contribution in [3.63, 3.8) is 0 Å². The average molecular weight is 208 g/mol. The summed E-state index contributed by atoms with van der Waals surface area (Å²) in [5.41, 5.74) is 2.71. The quantitative estimate of drug-likeness (QED) is 0.596. The van der Waals surface area contributed by atoms with Gasteiger partial charge in [0.2, 0.25) is 0 Å². The van der Waals surface area contributed by atoms with Gasteiger partial charge in [0, 0.05) is 19.8 Å². The normalized spacial score (nSPS) is 11.5. The van der Waals surface area contributed by atoms with Crippen LogP contribution in [0.2, 0.25) is 0 Å². The van der Waals surface area contributed by atoms with Crippen LogP contribution in [0.1, 0.15) is 11.1 Å². The summed E-state index contributed by atoms with van der Waals surface area (Å²) in [5, 5.41) is 4.03. The second-order valence-corrected chi connectivity index (χ2v) is 3.96. The van der Waals surface area contributed by atoms with Crippen LogP contribution in [0.3, 0.4) is 0 Å². The molecule has 0 saturated heterocycles. The van der Waals surface area contributed by atoms with Gasteiger partial charge in [0.05, 0.1) is 0 Å². The molecule has 1 rings (SSSR count). The van der Waals surface area contributed by atoms with E-state index in [1.165, 1.54) is 11.1 Å². The SMILES string of the molecule is CN=C(NC)SCc1ccccc1C. The minimum atomic E-state index is 0.972. The van der Waals surface area contributed by atoms with Crippen LogP contribution in [-0.4, -0.2) is 19.3 Å². The number of nitrogens with one attached hydrogen (secondary N) is 1. The highest BCUT2D eigenvalue weighted by molar-refractivity contribution is 8.13. The fraction of sp³-hybridized carbons (Fsp3) is 0.364. The van der Waals surface area contributed by atoms with Crippen molar-refractivity contribution in [2.75, 3.05) is 14.1 Å². The van der Waals surface area contributed by atoms with Gasteiger partial charge in [-0.05, 0) is 18.1 Å². The van der Waals surface area contributed by atoms with Crippen LogP contribution in [0.15, 0.2) is 29.3 Å². The van der Waals surface area contributed by atoms with E-state index in [1.807, 2.05) is 7.05 Å². The molecule has 2 nitrogen and oxygen atoms in total. The summed E-state index contributed by atoms with van der Waals surface area (Å²) in [6.07, 6.45) is 0. The lowest BCUT2D eigenvalue weighted by Crippen LogP contribution is -2.14. The average Bonchev–Trinajstić information content (AvgIpc) is 2.22. The molecule has 0 spiro atoms. The number of nitrogens with zero attached hydrogens (tertiary/aromatic N) is 1. The number of hydrogen-bond acceptors (Lipinski definition) is 2. The van der Waals surface area contributed by atoms with Crippen molar-refractivity contribution in [3.8, 4) is 0 Å². The van der Waals surface area contributed by atoms with Gasteiger partial charge >= 0.3 is 0 Å². The fourth-order valence-electron chi connectivity index (χ4n) is 1.17. The number of thioether (sulfide) groups is 1. The monoisotopic (exact) mass is 208 g/mol. The standard InChI is InChI=1S/C11H16N2S/c1-9-6-4-5-7-10(9)8-14-11(12-2)13-3/h4-7H,8H2,1-3H3,(H,12,13). The Labute approximate surface area is 89.8 Å². The summed E-state index contributed by atoms with van der Waals surface area (Å²) in [6.45, 7) is 2.14. The van der Waals surface area contributed by atoms with E-state index in [0.29, 0.717) is 0 Å². The van der Waals surface area contributed by atoms with Crippen molar-refractivity contribution in [3.05, 3.63) is 35.4 Å². The van der Waals surface area contributed by atoms with Crippen LogP contribution in [0.25, 0.3) is 0 Å². The zero-order valence-electron chi connectivity index (χ0n) is 8.87. The molecule has 14 heavy (non-hydrogen) atoms. The highest BCUT2D eigenvalue weighted by Crippen LogP contribution is 2.15. The van der Waals surface area contributed by atoms with Crippen LogP contribution in [0.5, 0.6) is 0 Å². The molecule has 1 aromatic rings. The Kier molecular flexibility index (Phi) is 4.53. The summed E-state index contributed by atoms with van der Waals surface area (Å²) in [7, 11) is 3.70. The molecule has 1 aromatic carbocycles. The van der Waals surface area contributed by atoms with E-state index in [9.17, 15) is 0 Å². The number of aliphatic imine (C=N–C) groups is 1. The van der Waals surface area contributed by atoms with Crippen molar-refractivity contribution in [1.29, 1.82) is 0 Å². The first-order chi connectivity index (χ1) is 6.77. The molecule has 0 aliphatic heterocycles. The summed E-state index contributed by atoms with van der Waals surface area (Å²) >= 11 is 1.73. The first kappa shape index (κ1) is 11.1. The molecule has 0 aromatic heterocycles. The number of amidine groups is 1. The maximum absolute atomic E-state index is 4.12. The summed E-state index contributed by atoms with van der Waals surface area (Å²) in [4.78, 5) is 4.12. The predicted octanol–water partition coefficient (Wildman–Crippen LogP) is 2.43. The molecular formula is C11H16N2S. The van der Waals surface area contributed by atoms with Crippen molar-refractivity contribution in [2.45, 2.75) is 12.7 Å². The molecule has 76 valence electrons. The van der Waals surface area contributed by atoms with E-state index in [4.69, 9.17) is 0 Å². The Bertz CT molecular complexity index is 321. The van der Waals surface area contributed by atoms with Crippen LogP contribution < -0.4 is 5.32 Å². The Hall–Kier alpha value is -0.960. The predicted molar refractivity (Wildman–Crippen MR) is 64.9 cm³/mol. The van der Waals surface area contributed by atoms with Crippen molar-refractivity contribution < 1.29 is 0 Å². The Morgan fingerprint density at radius 3 is 2.71 bits per heavy atom. The Morgan fingerprint density at radius 2 is 2.14 bits per heavy atom. The number of hydrogen-bond donors (Lipinski definition) is 1. The highest BCUT2D eigenvalue weighted by Gasteiger charge is 1.99. The van der Waals surface area contributed by atoms with Gasteiger partial charge in [-0.3, -0.25) is 4.99 Å². The molecule has 0 aliphatic rings. The van der Waals surface area contributed by atoms with E-state index < -0.39 is 0 Å². The first-order valence-electron chi connectivity index (χ1n) is 4.59. The molecule has 0 saturated carbocycles. The van der Waals surface area contributed by atoms with Crippen molar-refractivity contribution in [2.24, 2.45) is 4.99 Å². The maximum Gasteiger partial charge on any atom is 0.156 e. The molecule has 0 heterocycles. The number of benzene rings is 1. The molecule has 0 amide bonds. The third kappa shape index (κ3) is 3.07. The van der Waals surface area contributed by atoms with E-state index in [-0.39, 0.29) is 0 Å². The maximum atomic E-state index is 4.12. The number of rotatable bonds is 2. The molecule has 0 bridgehead atoms. The second kappa shape index (κ2) is 5.70. The van der Waals surface area contributed by atoms with E-state index in [1.54, 1.807) is 18.8 Å². The lowest BCUT2D eigenvalue weighted by Gasteiger charge is -2.06. The van der Waals surface area contributed by atoms with Gasteiger partial charge in [-0.2, -0.15) is 0 Å². The lowest BCUT2D eigenvalue weighted by molar-refractivity contribution is 1.18. The van der Waals surface area contributed by atoms with Gasteiger partial charge in [0.15, 0.2) is 5.17 Å². The van der Waals surface area contributed by atoms with Crippen LogP contribution in [0.4, 0.5) is 0 Å². The molecule has 3 heteroatoms. The highest BCUT2D eigenvalue weighted by atomic mass is 32.2. The minimum Gasteiger partial charge on any atom is -0.368 e. The second-order valence-electron chi connectivity index (χ2n) is 2.99. The summed E-state index contributed by atoms with van der Waals surface area (Å²) in [6, 6.07) is 8.44. The Balaban J connectivity index is 2.58. The van der Waals surface area contributed by atoms with Gasteiger partial charge in [0.1, 0.15) is 0 Å². The zero-order valence-corrected chi connectivity index (χ0v) is 9.69. The van der Waals surface area contributed by atoms with Crippen LogP contribution in [-0.2, 0) is 5.75 Å². The Morgan fingerprint density at radius 1 is 1.43 bits per heavy atom. The minimum absolute atomic E-state index is 0.972. The third-order valence-corrected chi connectivity index (χ3v) is 3.16. The zero-order chi connectivity index (χ0) is 10.4. The van der Waals surface area contributed by atoms with Crippen molar-refractivity contribution in [1.82, 2.24) is 5.32 Å². The molecule has 1 N–H and O–H groups in total. The summed E-state index contributed by atoms with van der Waals surface area (Å²) < 4.78 is 0. The fourth-order valence-corrected chi connectivity index (χ4v) is 2.06. The summed E-state index contributed by atoms with van der Waals surface area (Å²) in [5.74, 6) is 0.972. The van der Waals surface area contributed by atoms with Crippen LogP contribution >= 0.6 is 11.8 Å². The molecular weight excluding hydrogens is 192 g/mol. The number of aryl methyl sites for hydroxylation is 1. The van der Waals surface area contributed by atoms with Crippen LogP contribution in [0, 0.1) is 6.92 Å². The smallest absolute Gasteiger partial charge is 0.156 e. The molecule has 0 aliphatic carbocycles. The lowest BCUT2D eigenvalue weighted by atomic mass is 10.1. The molecule has 0 fully saturated rings. The molecule has 0 unspecified atom stereocenters. The van der Waals surface area contributed by atoms with Gasteiger partial charge in [0.25, 0.3) is 0 Å². The first-order valence-corrected chi connectivity index (χ1v) is 5.58. The largest absolute Gasteiger partial charge is 0.368 e. The molecule has 0 atom stereocenters. The molecule has 0 radical (unpaired) electrons. The van der Waals surface area contributed by atoms with Gasteiger partial charge in [-0.1, -0.05) is 36.0 Å². The van der Waals surface area contributed by atoms with Gasteiger partial charge in [-0.15, -0.1) is 0 Å². The van der Waals surface area contributed by atoms with Crippen molar-refractivity contribution >= 4 is 16.9 Å². The third-order valence-electron chi connectivity index (χ3n) is 2.04. The van der Waals surface area contributed by atoms with E-state index in [0.717, 1.165) is 10.9 Å².